The number of aromatic nitrogens is 1. The molecule has 0 radical (unpaired) electrons. The van der Waals surface area contributed by atoms with Crippen molar-refractivity contribution in [2.45, 2.75) is 39.2 Å². The first kappa shape index (κ1) is 13.0. The Morgan fingerprint density at radius 1 is 1.50 bits per heavy atom. The Morgan fingerprint density at radius 2 is 2.31 bits per heavy atom. The van der Waals surface area contributed by atoms with Gasteiger partial charge in [0.05, 0.1) is 12.6 Å². The molecule has 0 spiro atoms. The van der Waals surface area contributed by atoms with Crippen LogP contribution in [0.4, 0.5) is 5.82 Å². The number of methoxy groups -OCH3 is 1. The van der Waals surface area contributed by atoms with Crippen LogP contribution in [0.2, 0.25) is 0 Å². The van der Waals surface area contributed by atoms with Crippen molar-refractivity contribution in [2.75, 3.05) is 19.0 Å². The van der Waals surface area contributed by atoms with Crippen LogP contribution in [0.15, 0.2) is 18.3 Å². The van der Waals surface area contributed by atoms with E-state index in [0.29, 0.717) is 6.04 Å². The van der Waals surface area contributed by atoms with Crippen molar-refractivity contribution in [1.29, 1.82) is 0 Å². The summed E-state index contributed by atoms with van der Waals surface area (Å²) < 4.78 is 5.22. The van der Waals surface area contributed by atoms with Crippen LogP contribution >= 0.6 is 0 Å². The summed E-state index contributed by atoms with van der Waals surface area (Å²) in [5.41, 5.74) is 1.18. The normalized spacial score (nSPS) is 12.4. The molecule has 1 aromatic rings. The van der Waals surface area contributed by atoms with Gasteiger partial charge in [-0.2, -0.15) is 0 Å². The van der Waals surface area contributed by atoms with Gasteiger partial charge >= 0.3 is 0 Å². The number of hydrogen-bond acceptors (Lipinski definition) is 3. The lowest BCUT2D eigenvalue weighted by molar-refractivity contribution is 0.182. The number of unbranched alkanes of at least 4 members (excludes halogenated alkanes) is 1. The predicted molar refractivity (Wildman–Crippen MR) is 67.8 cm³/mol. The molecule has 1 atom stereocenters. The fraction of sp³-hybridized carbons (Fsp3) is 0.615. The monoisotopic (exact) mass is 222 g/mol. The Morgan fingerprint density at radius 3 is 2.94 bits per heavy atom. The van der Waals surface area contributed by atoms with Gasteiger partial charge in [0.1, 0.15) is 5.82 Å². The zero-order chi connectivity index (χ0) is 11.8. The molecular formula is C13H22N2O. The van der Waals surface area contributed by atoms with Gasteiger partial charge in [-0.3, -0.25) is 0 Å². The molecule has 0 amide bonds. The second-order valence-corrected chi connectivity index (χ2v) is 4.11. The van der Waals surface area contributed by atoms with Gasteiger partial charge in [0.15, 0.2) is 0 Å². The summed E-state index contributed by atoms with van der Waals surface area (Å²) in [5.74, 6) is 0.973. The minimum atomic E-state index is 0.360. The molecule has 0 aliphatic heterocycles. The fourth-order valence-electron chi connectivity index (χ4n) is 1.68. The van der Waals surface area contributed by atoms with E-state index in [2.05, 4.69) is 30.2 Å². The van der Waals surface area contributed by atoms with E-state index in [1.54, 1.807) is 7.11 Å². The average molecular weight is 222 g/mol. The molecule has 3 heteroatoms. The smallest absolute Gasteiger partial charge is 0.129 e. The number of ether oxygens (including phenoxy) is 1. The van der Waals surface area contributed by atoms with Gasteiger partial charge in [0.2, 0.25) is 0 Å². The molecule has 1 unspecified atom stereocenters. The van der Waals surface area contributed by atoms with Crippen LogP contribution in [-0.4, -0.2) is 24.7 Å². The maximum absolute atomic E-state index is 5.22. The Bertz CT molecular complexity index is 302. The van der Waals surface area contributed by atoms with Crippen LogP contribution in [-0.2, 0) is 4.74 Å². The molecule has 3 nitrogen and oxygen atoms in total. The lowest BCUT2D eigenvalue weighted by atomic mass is 10.1. The summed E-state index contributed by atoms with van der Waals surface area (Å²) in [6, 6.07) is 4.38. The molecule has 0 saturated carbocycles. The second-order valence-electron chi connectivity index (χ2n) is 4.11. The number of aryl methyl sites for hydroxylation is 1. The topological polar surface area (TPSA) is 34.1 Å². The van der Waals surface area contributed by atoms with Crippen molar-refractivity contribution < 1.29 is 4.74 Å². The van der Waals surface area contributed by atoms with Crippen molar-refractivity contribution in [3.8, 4) is 0 Å². The summed E-state index contributed by atoms with van der Waals surface area (Å²) in [5, 5.41) is 3.45. The molecular weight excluding hydrogens is 200 g/mol. The van der Waals surface area contributed by atoms with Crippen molar-refractivity contribution in [3.63, 3.8) is 0 Å². The van der Waals surface area contributed by atoms with Gasteiger partial charge in [-0.15, -0.1) is 0 Å². The Labute approximate surface area is 98.2 Å². The maximum atomic E-state index is 5.22. The van der Waals surface area contributed by atoms with Crippen LogP contribution in [0.5, 0.6) is 0 Å². The number of pyridine rings is 1. The van der Waals surface area contributed by atoms with E-state index in [9.17, 15) is 0 Å². The first-order valence-corrected chi connectivity index (χ1v) is 5.95. The van der Waals surface area contributed by atoms with Crippen LogP contribution in [0.1, 0.15) is 31.7 Å². The lowest BCUT2D eigenvalue weighted by Crippen LogP contribution is -2.25. The number of nitrogens with zero attached hydrogens (tertiary/aromatic N) is 1. The van der Waals surface area contributed by atoms with Gasteiger partial charge < -0.3 is 10.1 Å². The summed E-state index contributed by atoms with van der Waals surface area (Å²) in [6.45, 7) is 5.00. The van der Waals surface area contributed by atoms with Crippen molar-refractivity contribution in [2.24, 2.45) is 0 Å². The third-order valence-corrected chi connectivity index (χ3v) is 2.62. The molecule has 16 heavy (non-hydrogen) atoms. The van der Waals surface area contributed by atoms with Crippen LogP contribution in [0.25, 0.3) is 0 Å². The van der Waals surface area contributed by atoms with Gasteiger partial charge in [-0.05, 0) is 25.0 Å². The number of nitrogens with one attached hydrogen (secondary N) is 1. The van der Waals surface area contributed by atoms with E-state index in [4.69, 9.17) is 4.74 Å². The summed E-state index contributed by atoms with van der Waals surface area (Å²) in [4.78, 5) is 4.34. The molecule has 0 aromatic carbocycles. The fourth-order valence-corrected chi connectivity index (χ4v) is 1.68. The Hall–Kier alpha value is -1.09. The molecule has 1 aromatic heterocycles. The number of hydrogen-bond donors (Lipinski definition) is 1. The summed E-state index contributed by atoms with van der Waals surface area (Å²) in [6.07, 6.45) is 5.37. The van der Waals surface area contributed by atoms with E-state index in [1.165, 1.54) is 18.4 Å². The maximum Gasteiger partial charge on any atom is 0.129 e. The first-order valence-electron chi connectivity index (χ1n) is 5.95. The Balaban J connectivity index is 2.56. The molecule has 1 heterocycles. The van der Waals surface area contributed by atoms with E-state index in [-0.39, 0.29) is 0 Å². The van der Waals surface area contributed by atoms with Crippen LogP contribution in [0.3, 0.4) is 0 Å². The van der Waals surface area contributed by atoms with Crippen molar-refractivity contribution in [3.05, 3.63) is 23.9 Å². The Kier molecular flexibility index (Phi) is 5.86. The average Bonchev–Trinajstić information content (AvgIpc) is 2.29. The predicted octanol–water partition coefficient (Wildman–Crippen LogP) is 3.01. The van der Waals surface area contributed by atoms with E-state index in [1.807, 2.05) is 12.3 Å². The van der Waals surface area contributed by atoms with Crippen LogP contribution in [0, 0.1) is 6.92 Å². The molecule has 1 N–H and O–H groups in total. The highest BCUT2D eigenvalue weighted by atomic mass is 16.5. The highest BCUT2D eigenvalue weighted by Gasteiger charge is 2.09. The summed E-state index contributed by atoms with van der Waals surface area (Å²) in [7, 11) is 1.74. The standard InChI is InChI=1S/C13H22N2O/c1-4-5-8-12(10-16-3)15-13-11(2)7-6-9-14-13/h6-7,9,12H,4-5,8,10H2,1-3H3,(H,14,15). The van der Waals surface area contributed by atoms with Gasteiger partial charge in [-0.1, -0.05) is 25.8 Å². The highest BCUT2D eigenvalue weighted by molar-refractivity contribution is 5.43. The summed E-state index contributed by atoms with van der Waals surface area (Å²) >= 11 is 0. The SMILES string of the molecule is CCCCC(COC)Nc1ncccc1C. The lowest BCUT2D eigenvalue weighted by Gasteiger charge is -2.19. The van der Waals surface area contributed by atoms with Crippen molar-refractivity contribution in [1.82, 2.24) is 4.98 Å². The first-order chi connectivity index (χ1) is 7.77. The van der Waals surface area contributed by atoms with Gasteiger partial charge in [0.25, 0.3) is 0 Å². The molecule has 0 fully saturated rings. The van der Waals surface area contributed by atoms with E-state index < -0.39 is 0 Å². The van der Waals surface area contributed by atoms with E-state index >= 15 is 0 Å². The molecule has 0 saturated heterocycles. The minimum Gasteiger partial charge on any atom is -0.383 e. The molecule has 90 valence electrons. The molecule has 0 aliphatic rings. The van der Waals surface area contributed by atoms with E-state index in [0.717, 1.165) is 18.8 Å². The largest absolute Gasteiger partial charge is 0.383 e. The van der Waals surface area contributed by atoms with Crippen molar-refractivity contribution >= 4 is 5.82 Å². The molecule has 0 aliphatic carbocycles. The highest BCUT2D eigenvalue weighted by Crippen LogP contribution is 2.13. The third kappa shape index (κ3) is 4.19. The zero-order valence-electron chi connectivity index (χ0n) is 10.5. The number of rotatable bonds is 7. The third-order valence-electron chi connectivity index (χ3n) is 2.62. The second kappa shape index (κ2) is 7.23. The molecule has 0 bridgehead atoms. The van der Waals surface area contributed by atoms with Gasteiger partial charge in [0, 0.05) is 13.3 Å². The zero-order valence-corrected chi connectivity index (χ0v) is 10.5. The van der Waals surface area contributed by atoms with Crippen LogP contribution < -0.4 is 5.32 Å². The quantitative estimate of drug-likeness (QED) is 0.770. The van der Waals surface area contributed by atoms with Gasteiger partial charge in [-0.25, -0.2) is 4.98 Å². The number of anilines is 1. The minimum absolute atomic E-state index is 0.360. The molecule has 1 rings (SSSR count).